The van der Waals surface area contributed by atoms with Gasteiger partial charge >= 0.3 is 6.18 Å². The zero-order valence-electron chi connectivity index (χ0n) is 12.7. The van der Waals surface area contributed by atoms with Gasteiger partial charge < -0.3 is 9.73 Å². The average Bonchev–Trinajstić information content (AvgIpc) is 2.55. The molecule has 0 radical (unpaired) electrons. The third-order valence-corrected chi connectivity index (χ3v) is 3.92. The zero-order valence-corrected chi connectivity index (χ0v) is 14.2. The Labute approximate surface area is 154 Å². The number of amides is 1. The van der Waals surface area contributed by atoms with Gasteiger partial charge in [-0.05, 0) is 30.3 Å². The molecule has 0 bridgehead atoms. The van der Waals surface area contributed by atoms with Crippen LogP contribution in [0.3, 0.4) is 0 Å². The third kappa shape index (κ3) is 3.68. The van der Waals surface area contributed by atoms with Crippen LogP contribution in [0.2, 0.25) is 10.0 Å². The number of hydrogen-bond acceptors (Lipinski definition) is 3. The number of hydrogen-bond donors (Lipinski definition) is 1. The van der Waals surface area contributed by atoms with Crippen molar-refractivity contribution in [3.8, 4) is 0 Å². The molecule has 0 saturated heterocycles. The summed E-state index contributed by atoms with van der Waals surface area (Å²) >= 11 is 11.8. The van der Waals surface area contributed by atoms with E-state index < -0.39 is 28.8 Å². The Hall–Kier alpha value is -2.51. The van der Waals surface area contributed by atoms with E-state index in [1.807, 2.05) is 0 Å². The molecule has 134 valence electrons. The fraction of sp³-hybridized carbons (Fsp3) is 0.0588. The van der Waals surface area contributed by atoms with E-state index in [4.69, 9.17) is 27.6 Å². The number of benzene rings is 2. The number of carbonyl (C=O) groups excluding carboxylic acids is 1. The smallest absolute Gasteiger partial charge is 0.416 e. The Morgan fingerprint density at radius 1 is 1.08 bits per heavy atom. The molecular weight excluding hydrogens is 394 g/mol. The minimum atomic E-state index is -4.55. The van der Waals surface area contributed by atoms with Crippen LogP contribution in [0.25, 0.3) is 11.0 Å². The van der Waals surface area contributed by atoms with Crippen LogP contribution < -0.4 is 10.7 Å². The highest BCUT2D eigenvalue weighted by Gasteiger charge is 2.30. The molecule has 1 aromatic heterocycles. The van der Waals surface area contributed by atoms with Gasteiger partial charge in [0.1, 0.15) is 0 Å². The first kappa shape index (κ1) is 18.3. The fourth-order valence-corrected chi connectivity index (χ4v) is 2.79. The molecule has 2 aromatic carbocycles. The predicted octanol–water partition coefficient (Wildman–Crippen LogP) is 5.37. The van der Waals surface area contributed by atoms with Crippen molar-refractivity contribution in [2.45, 2.75) is 6.18 Å². The molecule has 3 rings (SSSR count). The van der Waals surface area contributed by atoms with Crippen LogP contribution in [-0.2, 0) is 6.18 Å². The lowest BCUT2D eigenvalue weighted by Crippen LogP contribution is -2.15. The molecule has 0 fully saturated rings. The highest BCUT2D eigenvalue weighted by atomic mass is 35.5. The van der Waals surface area contributed by atoms with Crippen LogP contribution in [0.5, 0.6) is 0 Å². The number of carbonyl (C=O) groups is 1. The Morgan fingerprint density at radius 3 is 2.50 bits per heavy atom. The second-order valence-corrected chi connectivity index (χ2v) is 6.12. The Morgan fingerprint density at radius 2 is 1.81 bits per heavy atom. The molecule has 0 spiro atoms. The van der Waals surface area contributed by atoms with Crippen molar-refractivity contribution >= 4 is 45.8 Å². The molecule has 0 saturated carbocycles. The van der Waals surface area contributed by atoms with E-state index in [0.29, 0.717) is 0 Å². The second-order valence-electron chi connectivity index (χ2n) is 5.27. The topological polar surface area (TPSA) is 59.3 Å². The number of nitrogens with one attached hydrogen (secondary N) is 1. The summed E-state index contributed by atoms with van der Waals surface area (Å²) in [5.41, 5.74) is -1.63. The highest BCUT2D eigenvalue weighted by molar-refractivity contribution is 6.38. The number of fused-ring (bicyclic) bond motifs is 1. The lowest BCUT2D eigenvalue weighted by molar-refractivity contribution is -0.137. The summed E-state index contributed by atoms with van der Waals surface area (Å²) in [6.07, 6.45) is -4.55. The molecule has 0 aliphatic carbocycles. The van der Waals surface area contributed by atoms with Crippen molar-refractivity contribution in [2.24, 2.45) is 0 Å². The monoisotopic (exact) mass is 401 g/mol. The number of halogens is 5. The van der Waals surface area contributed by atoms with Gasteiger partial charge in [-0.2, -0.15) is 13.2 Å². The van der Waals surface area contributed by atoms with E-state index >= 15 is 0 Å². The van der Waals surface area contributed by atoms with E-state index in [2.05, 4.69) is 5.32 Å². The molecule has 1 N–H and O–H groups in total. The molecule has 1 amide bonds. The quantitative estimate of drug-likeness (QED) is 0.627. The van der Waals surface area contributed by atoms with E-state index in [-0.39, 0.29) is 26.7 Å². The second kappa shape index (κ2) is 6.66. The SMILES string of the molecule is O=C(Nc1cccc(C(F)(F)F)c1)c1cc(=O)c2cc(Cl)cc(Cl)c2o1. The minimum absolute atomic E-state index is 0.0262. The van der Waals surface area contributed by atoms with Crippen LogP contribution in [0, 0.1) is 0 Å². The third-order valence-electron chi connectivity index (χ3n) is 3.42. The number of anilines is 1. The Kier molecular flexibility index (Phi) is 4.68. The Balaban J connectivity index is 1.97. The summed E-state index contributed by atoms with van der Waals surface area (Å²) in [6.45, 7) is 0. The van der Waals surface area contributed by atoms with Crippen LogP contribution in [-0.4, -0.2) is 5.91 Å². The predicted molar refractivity (Wildman–Crippen MR) is 91.9 cm³/mol. The summed E-state index contributed by atoms with van der Waals surface area (Å²) in [4.78, 5) is 24.4. The lowest BCUT2D eigenvalue weighted by Gasteiger charge is -2.10. The average molecular weight is 402 g/mol. The molecular formula is C17H8Cl2F3NO3. The normalized spacial score (nSPS) is 11.6. The standard InChI is InChI=1S/C17H8Cl2F3NO3/c18-9-5-11-13(24)7-14(26-15(11)12(19)6-9)16(25)23-10-3-1-2-8(4-10)17(20,21)22/h1-7H,(H,23,25). The van der Waals surface area contributed by atoms with Crippen LogP contribution in [0.15, 0.2) is 51.7 Å². The molecule has 1 heterocycles. The minimum Gasteiger partial charge on any atom is -0.449 e. The summed E-state index contributed by atoms with van der Waals surface area (Å²) in [6, 6.07) is 7.65. The van der Waals surface area contributed by atoms with E-state index in [1.54, 1.807) is 0 Å². The molecule has 3 aromatic rings. The van der Waals surface area contributed by atoms with Crippen molar-refractivity contribution in [2.75, 3.05) is 5.32 Å². The summed E-state index contributed by atoms with van der Waals surface area (Å²) in [5.74, 6) is -1.29. The number of rotatable bonds is 2. The zero-order chi connectivity index (χ0) is 19.1. The molecule has 26 heavy (non-hydrogen) atoms. The number of alkyl halides is 3. The summed E-state index contributed by atoms with van der Waals surface area (Å²) in [7, 11) is 0. The lowest BCUT2D eigenvalue weighted by atomic mass is 10.2. The Bertz CT molecular complexity index is 1080. The maximum absolute atomic E-state index is 12.7. The van der Waals surface area contributed by atoms with Crippen LogP contribution >= 0.6 is 23.2 Å². The molecule has 0 aliphatic heterocycles. The maximum atomic E-state index is 12.7. The first-order valence-corrected chi connectivity index (χ1v) is 7.82. The van der Waals surface area contributed by atoms with Gasteiger partial charge in [-0.3, -0.25) is 9.59 Å². The molecule has 0 atom stereocenters. The summed E-state index contributed by atoms with van der Waals surface area (Å²) < 4.78 is 43.5. The van der Waals surface area contributed by atoms with Crippen molar-refractivity contribution in [1.29, 1.82) is 0 Å². The van der Waals surface area contributed by atoms with Gasteiger partial charge in [-0.1, -0.05) is 29.3 Å². The van der Waals surface area contributed by atoms with Crippen molar-refractivity contribution < 1.29 is 22.4 Å². The molecule has 0 aliphatic rings. The van der Waals surface area contributed by atoms with Crippen molar-refractivity contribution in [1.82, 2.24) is 0 Å². The fourth-order valence-electron chi connectivity index (χ4n) is 2.26. The van der Waals surface area contributed by atoms with Gasteiger partial charge in [-0.25, -0.2) is 0 Å². The van der Waals surface area contributed by atoms with E-state index in [9.17, 15) is 22.8 Å². The van der Waals surface area contributed by atoms with Gasteiger partial charge in [0, 0.05) is 16.8 Å². The van der Waals surface area contributed by atoms with E-state index in [1.165, 1.54) is 18.2 Å². The van der Waals surface area contributed by atoms with Gasteiger partial charge in [0.05, 0.1) is 16.0 Å². The van der Waals surface area contributed by atoms with Crippen LogP contribution in [0.1, 0.15) is 16.1 Å². The van der Waals surface area contributed by atoms with Crippen molar-refractivity contribution in [3.63, 3.8) is 0 Å². The molecule has 0 unspecified atom stereocenters. The molecule has 4 nitrogen and oxygen atoms in total. The van der Waals surface area contributed by atoms with Gasteiger partial charge in [0.15, 0.2) is 16.8 Å². The van der Waals surface area contributed by atoms with Gasteiger partial charge in [0.2, 0.25) is 0 Å². The largest absolute Gasteiger partial charge is 0.449 e. The van der Waals surface area contributed by atoms with Crippen molar-refractivity contribution in [3.05, 3.63) is 74.1 Å². The maximum Gasteiger partial charge on any atom is 0.416 e. The van der Waals surface area contributed by atoms with E-state index in [0.717, 1.165) is 24.3 Å². The van der Waals surface area contributed by atoms with Gasteiger partial charge in [0.25, 0.3) is 5.91 Å². The first-order chi connectivity index (χ1) is 12.1. The van der Waals surface area contributed by atoms with Crippen LogP contribution in [0.4, 0.5) is 18.9 Å². The first-order valence-electron chi connectivity index (χ1n) is 7.06. The summed E-state index contributed by atoms with van der Waals surface area (Å²) in [5, 5.41) is 2.58. The highest BCUT2D eigenvalue weighted by Crippen LogP contribution is 2.31. The van der Waals surface area contributed by atoms with Gasteiger partial charge in [-0.15, -0.1) is 0 Å². The molecule has 9 heteroatoms.